The molecule has 0 saturated carbocycles. The highest BCUT2D eigenvalue weighted by Gasteiger charge is 2.21. The van der Waals surface area contributed by atoms with E-state index in [4.69, 9.17) is 4.42 Å². The molecule has 1 heterocycles. The first-order valence-electron chi connectivity index (χ1n) is 11.1. The van der Waals surface area contributed by atoms with E-state index < -0.39 is 0 Å². The van der Waals surface area contributed by atoms with Crippen LogP contribution < -0.4 is 5.32 Å². The summed E-state index contributed by atoms with van der Waals surface area (Å²) in [6.45, 7) is 5.86. The normalized spacial score (nSPS) is 10.7. The topological polar surface area (TPSA) is 75.4 Å². The van der Waals surface area contributed by atoms with Gasteiger partial charge in [-0.05, 0) is 44.0 Å². The molecule has 4 aromatic rings. The predicted molar refractivity (Wildman–Crippen MR) is 134 cm³/mol. The van der Waals surface area contributed by atoms with E-state index in [2.05, 4.69) is 10.3 Å². The molecule has 0 unspecified atom stereocenters. The minimum absolute atomic E-state index is 0.0826. The number of aromatic nitrogens is 1. The fourth-order valence-corrected chi connectivity index (χ4v) is 4.04. The quantitative estimate of drug-likeness (QED) is 0.410. The zero-order valence-electron chi connectivity index (χ0n) is 19.8. The van der Waals surface area contributed by atoms with Crippen molar-refractivity contribution in [3.8, 4) is 22.8 Å². The van der Waals surface area contributed by atoms with Gasteiger partial charge < -0.3 is 14.6 Å². The first-order valence-corrected chi connectivity index (χ1v) is 11.1. The van der Waals surface area contributed by atoms with Gasteiger partial charge in [0.2, 0.25) is 11.8 Å². The summed E-state index contributed by atoms with van der Waals surface area (Å²) in [5, 5.41) is 2.95. The molecule has 6 heteroatoms. The zero-order chi connectivity index (χ0) is 24.2. The molecule has 4 rings (SSSR count). The monoisotopic (exact) mass is 453 g/mol. The van der Waals surface area contributed by atoms with Gasteiger partial charge in [0.25, 0.3) is 5.91 Å². The van der Waals surface area contributed by atoms with E-state index in [1.54, 1.807) is 31.4 Å². The van der Waals surface area contributed by atoms with E-state index in [9.17, 15) is 9.59 Å². The Kier molecular flexibility index (Phi) is 6.59. The third-order valence-corrected chi connectivity index (χ3v) is 5.62. The Balaban J connectivity index is 1.52. The van der Waals surface area contributed by atoms with Crippen molar-refractivity contribution in [1.82, 2.24) is 9.88 Å². The number of nitrogens with one attached hydrogen (secondary N) is 1. The molecule has 0 radical (unpaired) electrons. The number of amides is 2. The summed E-state index contributed by atoms with van der Waals surface area (Å²) in [4.78, 5) is 31.8. The van der Waals surface area contributed by atoms with Crippen LogP contribution in [0.15, 0.2) is 77.3 Å². The third-order valence-electron chi connectivity index (χ3n) is 5.62. The van der Waals surface area contributed by atoms with E-state index in [1.807, 2.05) is 69.3 Å². The fraction of sp³-hybridized carbons (Fsp3) is 0.179. The number of rotatable bonds is 6. The Morgan fingerprint density at radius 1 is 0.941 bits per heavy atom. The molecule has 0 spiro atoms. The van der Waals surface area contributed by atoms with Gasteiger partial charge in [-0.25, -0.2) is 4.98 Å². The highest BCUT2D eigenvalue weighted by atomic mass is 16.4. The van der Waals surface area contributed by atoms with Crippen molar-refractivity contribution in [1.29, 1.82) is 0 Å². The van der Waals surface area contributed by atoms with Crippen LogP contribution in [0.2, 0.25) is 0 Å². The SMILES string of the molecule is Cc1cc(C)c(NC(=O)CN(C)C(=O)c2ccccc2-c2ncc(-c3ccccc3)o2)c(C)c1. The van der Waals surface area contributed by atoms with Crippen molar-refractivity contribution in [2.45, 2.75) is 20.8 Å². The molecule has 3 aromatic carbocycles. The second-order valence-corrected chi connectivity index (χ2v) is 8.42. The highest BCUT2D eigenvalue weighted by Crippen LogP contribution is 2.29. The molecule has 172 valence electrons. The minimum atomic E-state index is -0.289. The first kappa shape index (κ1) is 23.0. The summed E-state index contributed by atoms with van der Waals surface area (Å²) in [5.41, 5.74) is 5.80. The summed E-state index contributed by atoms with van der Waals surface area (Å²) in [5.74, 6) is 0.425. The summed E-state index contributed by atoms with van der Waals surface area (Å²) in [6.07, 6.45) is 1.65. The van der Waals surface area contributed by atoms with Crippen molar-refractivity contribution in [2.75, 3.05) is 18.9 Å². The number of likely N-dealkylation sites (N-methyl/N-ethyl adjacent to an activating group) is 1. The van der Waals surface area contributed by atoms with Crippen molar-refractivity contribution in [2.24, 2.45) is 0 Å². The molecular formula is C28H27N3O3. The van der Waals surface area contributed by atoms with E-state index >= 15 is 0 Å². The maximum Gasteiger partial charge on any atom is 0.254 e. The first-order chi connectivity index (χ1) is 16.3. The van der Waals surface area contributed by atoms with Crippen molar-refractivity contribution < 1.29 is 14.0 Å². The van der Waals surface area contributed by atoms with Gasteiger partial charge in [0.1, 0.15) is 0 Å². The van der Waals surface area contributed by atoms with Crippen LogP contribution in [0.5, 0.6) is 0 Å². The number of benzene rings is 3. The van der Waals surface area contributed by atoms with Crippen LogP contribution in [-0.2, 0) is 4.79 Å². The van der Waals surface area contributed by atoms with Crippen molar-refractivity contribution in [3.05, 3.63) is 95.2 Å². The number of aryl methyl sites for hydroxylation is 3. The van der Waals surface area contributed by atoms with Gasteiger partial charge in [-0.3, -0.25) is 9.59 Å². The number of nitrogens with zero attached hydrogens (tertiary/aromatic N) is 2. The highest BCUT2D eigenvalue weighted by molar-refractivity contribution is 6.03. The van der Waals surface area contributed by atoms with E-state index in [0.717, 1.165) is 27.9 Å². The molecule has 1 aromatic heterocycles. The average Bonchev–Trinajstić information content (AvgIpc) is 3.32. The van der Waals surface area contributed by atoms with E-state index in [0.29, 0.717) is 22.8 Å². The van der Waals surface area contributed by atoms with Crippen LogP contribution in [0, 0.1) is 20.8 Å². The maximum atomic E-state index is 13.3. The molecule has 0 fully saturated rings. The summed E-state index contributed by atoms with van der Waals surface area (Å²) in [6, 6.07) is 20.8. The van der Waals surface area contributed by atoms with Crippen LogP contribution >= 0.6 is 0 Å². The molecule has 0 aliphatic carbocycles. The molecule has 0 saturated heterocycles. The molecule has 0 atom stereocenters. The van der Waals surface area contributed by atoms with Gasteiger partial charge in [0.15, 0.2) is 5.76 Å². The molecule has 1 N–H and O–H groups in total. The molecule has 0 aliphatic rings. The molecule has 6 nitrogen and oxygen atoms in total. The standard InChI is InChI=1S/C28H27N3O3/c1-18-14-19(2)26(20(3)15-18)30-25(32)17-31(4)28(33)23-13-9-8-12-22(23)27-29-16-24(34-27)21-10-6-5-7-11-21/h5-16H,17H2,1-4H3,(H,30,32). The van der Waals surface area contributed by atoms with Crippen molar-refractivity contribution in [3.63, 3.8) is 0 Å². The number of hydrogen-bond acceptors (Lipinski definition) is 4. The van der Waals surface area contributed by atoms with Gasteiger partial charge in [-0.1, -0.05) is 60.2 Å². The lowest BCUT2D eigenvalue weighted by Gasteiger charge is -2.19. The van der Waals surface area contributed by atoms with Gasteiger partial charge in [0.05, 0.1) is 18.3 Å². The lowest BCUT2D eigenvalue weighted by molar-refractivity contribution is -0.116. The van der Waals surface area contributed by atoms with Crippen LogP contribution in [0.25, 0.3) is 22.8 Å². The van der Waals surface area contributed by atoms with Gasteiger partial charge >= 0.3 is 0 Å². The van der Waals surface area contributed by atoms with Crippen LogP contribution in [0.1, 0.15) is 27.0 Å². The summed E-state index contributed by atoms with van der Waals surface area (Å²) in [7, 11) is 1.61. The Morgan fingerprint density at radius 2 is 1.59 bits per heavy atom. The van der Waals surface area contributed by atoms with Gasteiger partial charge in [-0.2, -0.15) is 0 Å². The average molecular weight is 454 g/mol. The molecular weight excluding hydrogens is 426 g/mol. The lowest BCUT2D eigenvalue weighted by Crippen LogP contribution is -2.35. The smallest absolute Gasteiger partial charge is 0.254 e. The number of carbonyl (C=O) groups excluding carboxylic acids is 2. The summed E-state index contributed by atoms with van der Waals surface area (Å²) >= 11 is 0. The van der Waals surface area contributed by atoms with Crippen LogP contribution in [0.3, 0.4) is 0 Å². The Labute approximate surface area is 199 Å². The van der Waals surface area contributed by atoms with Gasteiger partial charge in [0, 0.05) is 23.9 Å². The fourth-order valence-electron chi connectivity index (χ4n) is 4.04. The van der Waals surface area contributed by atoms with Crippen molar-refractivity contribution >= 4 is 17.5 Å². The Hall–Kier alpha value is -4.19. The number of anilines is 1. The number of hydrogen-bond donors (Lipinski definition) is 1. The Bertz CT molecular complexity index is 1320. The third kappa shape index (κ3) is 4.91. The Morgan fingerprint density at radius 3 is 2.29 bits per heavy atom. The second-order valence-electron chi connectivity index (χ2n) is 8.42. The van der Waals surface area contributed by atoms with Crippen LogP contribution in [0.4, 0.5) is 5.69 Å². The van der Waals surface area contributed by atoms with Crippen LogP contribution in [-0.4, -0.2) is 35.3 Å². The predicted octanol–water partition coefficient (Wildman–Crippen LogP) is 5.64. The summed E-state index contributed by atoms with van der Waals surface area (Å²) < 4.78 is 5.96. The molecule has 34 heavy (non-hydrogen) atoms. The minimum Gasteiger partial charge on any atom is -0.436 e. The number of oxazole rings is 1. The molecule has 0 bridgehead atoms. The molecule has 0 aliphatic heterocycles. The second kappa shape index (κ2) is 9.75. The largest absolute Gasteiger partial charge is 0.436 e. The van der Waals surface area contributed by atoms with E-state index in [-0.39, 0.29) is 18.4 Å². The van der Waals surface area contributed by atoms with Gasteiger partial charge in [-0.15, -0.1) is 0 Å². The maximum absolute atomic E-state index is 13.3. The zero-order valence-corrected chi connectivity index (χ0v) is 19.8. The van der Waals surface area contributed by atoms with E-state index in [1.165, 1.54) is 4.90 Å². The molecule has 2 amide bonds. The lowest BCUT2D eigenvalue weighted by atomic mass is 10.0. The number of carbonyl (C=O) groups is 2.